The third-order valence-electron chi connectivity index (χ3n) is 6.25. The second-order valence-corrected chi connectivity index (χ2v) is 8.66. The van der Waals surface area contributed by atoms with E-state index < -0.39 is 6.17 Å². The topological polar surface area (TPSA) is 44.6 Å². The van der Waals surface area contributed by atoms with Crippen LogP contribution in [0.5, 0.6) is 0 Å². The molecule has 1 aliphatic rings. The van der Waals surface area contributed by atoms with E-state index in [4.69, 9.17) is 0 Å². The Morgan fingerprint density at radius 2 is 2.09 bits per heavy atom. The summed E-state index contributed by atoms with van der Waals surface area (Å²) in [6, 6.07) is 8.28. The van der Waals surface area contributed by atoms with Gasteiger partial charge in [-0.2, -0.15) is 0 Å². The lowest BCUT2D eigenvalue weighted by molar-refractivity contribution is 0.149. The minimum Gasteiger partial charge on any atom is -0.374 e. The Balaban J connectivity index is 1.50. The summed E-state index contributed by atoms with van der Waals surface area (Å²) in [4.78, 5) is 6.53. The lowest BCUT2D eigenvalue weighted by Gasteiger charge is -2.33. The lowest BCUT2D eigenvalue weighted by Crippen LogP contribution is -2.46. The number of benzene rings is 1. The van der Waals surface area contributed by atoms with Gasteiger partial charge in [-0.1, -0.05) is 36.5 Å². The van der Waals surface area contributed by atoms with Crippen molar-refractivity contribution >= 4 is 17.0 Å². The van der Waals surface area contributed by atoms with E-state index in [1.807, 2.05) is 24.2 Å². The molecule has 0 amide bonds. The molecule has 5 nitrogen and oxygen atoms in total. The van der Waals surface area contributed by atoms with Crippen LogP contribution in [0.25, 0.3) is 5.52 Å². The molecule has 168 valence electrons. The van der Waals surface area contributed by atoms with Crippen LogP contribution < -0.4 is 10.6 Å². The van der Waals surface area contributed by atoms with E-state index in [0.717, 1.165) is 41.8 Å². The molecule has 0 saturated carbocycles. The highest BCUT2D eigenvalue weighted by Gasteiger charge is 2.28. The normalized spacial score (nSPS) is 18.9. The molecule has 2 aromatic heterocycles. The summed E-state index contributed by atoms with van der Waals surface area (Å²) in [5.41, 5.74) is 6.66. The van der Waals surface area contributed by atoms with Crippen LogP contribution in [0.1, 0.15) is 35.7 Å². The predicted molar refractivity (Wildman–Crippen MR) is 130 cm³/mol. The smallest absolute Gasteiger partial charge is 0.150 e. The van der Waals surface area contributed by atoms with Crippen LogP contribution in [0, 0.1) is 25.7 Å². The van der Waals surface area contributed by atoms with Gasteiger partial charge >= 0.3 is 0 Å². The van der Waals surface area contributed by atoms with Gasteiger partial charge in [0, 0.05) is 42.4 Å². The summed E-state index contributed by atoms with van der Waals surface area (Å²) in [5.74, 6) is 7.26. The third kappa shape index (κ3) is 4.73. The molecular formula is C26H32FN5. The van der Waals surface area contributed by atoms with Gasteiger partial charge in [0.25, 0.3) is 0 Å². The first-order valence-electron chi connectivity index (χ1n) is 11.3. The van der Waals surface area contributed by atoms with Crippen LogP contribution in [0.15, 0.2) is 36.7 Å². The molecule has 0 radical (unpaired) electrons. The summed E-state index contributed by atoms with van der Waals surface area (Å²) in [5, 5.41) is 6.78. The second kappa shape index (κ2) is 9.62. The molecule has 2 N–H and O–H groups in total. The number of hydrogen-bond acceptors (Lipinski definition) is 4. The van der Waals surface area contributed by atoms with Gasteiger partial charge < -0.3 is 19.9 Å². The van der Waals surface area contributed by atoms with Crippen molar-refractivity contribution in [2.24, 2.45) is 0 Å². The molecule has 6 heteroatoms. The number of nitrogens with one attached hydrogen (secondary N) is 2. The average molecular weight is 434 g/mol. The lowest BCUT2D eigenvalue weighted by atomic mass is 10.0. The minimum atomic E-state index is -0.910. The van der Waals surface area contributed by atoms with Crippen LogP contribution in [0.2, 0.25) is 0 Å². The highest BCUT2D eigenvalue weighted by atomic mass is 19.1. The molecule has 0 spiro atoms. The van der Waals surface area contributed by atoms with Crippen LogP contribution >= 0.6 is 0 Å². The molecule has 32 heavy (non-hydrogen) atoms. The van der Waals surface area contributed by atoms with Gasteiger partial charge in [-0.05, 0) is 51.4 Å². The number of alkyl halides is 1. The Morgan fingerprint density at radius 1 is 1.25 bits per heavy atom. The van der Waals surface area contributed by atoms with Gasteiger partial charge in [0.05, 0.1) is 18.1 Å². The maximum atomic E-state index is 14.5. The molecule has 4 rings (SSSR count). The molecule has 2 unspecified atom stereocenters. The number of rotatable bonds is 5. The van der Waals surface area contributed by atoms with Gasteiger partial charge in [0.2, 0.25) is 0 Å². The zero-order valence-corrected chi connectivity index (χ0v) is 19.4. The fraction of sp³-hybridized carbons (Fsp3) is 0.423. The van der Waals surface area contributed by atoms with Crippen LogP contribution in [-0.4, -0.2) is 53.2 Å². The summed E-state index contributed by atoms with van der Waals surface area (Å²) >= 11 is 0. The summed E-state index contributed by atoms with van der Waals surface area (Å²) in [7, 11) is 1.96. The largest absolute Gasteiger partial charge is 0.374 e. The monoisotopic (exact) mass is 433 g/mol. The maximum Gasteiger partial charge on any atom is 0.150 e. The SMILES string of the molecule is CCc1cc(C)ccc1NCC#Cc1cc2c(NC3CCN(C)CC3F)nccn2c1C. The van der Waals surface area contributed by atoms with Gasteiger partial charge in [-0.15, -0.1) is 0 Å². The minimum absolute atomic E-state index is 0.221. The highest BCUT2D eigenvalue weighted by Crippen LogP contribution is 2.24. The highest BCUT2D eigenvalue weighted by molar-refractivity contribution is 5.72. The van der Waals surface area contributed by atoms with Crippen LogP contribution in [0.4, 0.5) is 15.9 Å². The number of likely N-dealkylation sites (tertiary alicyclic amines) is 1. The van der Waals surface area contributed by atoms with E-state index in [1.54, 1.807) is 6.20 Å². The Labute approximate surface area is 190 Å². The standard InChI is InChI=1S/C26H32FN5/c1-5-20-15-18(2)8-9-23(20)28-11-6-7-21-16-25-26(29-12-14-32(25)19(21)3)30-24-10-13-31(4)17-22(24)27/h8-9,12,14-16,22,24,28H,5,10-11,13,17H2,1-4H3,(H,29,30). The van der Waals surface area contributed by atoms with E-state index in [9.17, 15) is 4.39 Å². The van der Waals surface area contributed by atoms with Crippen molar-refractivity contribution < 1.29 is 4.39 Å². The van der Waals surface area contributed by atoms with Crippen LogP contribution in [0.3, 0.4) is 0 Å². The molecule has 3 heterocycles. The second-order valence-electron chi connectivity index (χ2n) is 8.66. The Bertz CT molecular complexity index is 1160. The molecule has 3 aromatic rings. The number of aromatic nitrogens is 2. The molecule has 1 fully saturated rings. The molecule has 1 saturated heterocycles. The molecule has 0 aliphatic carbocycles. The number of piperidine rings is 1. The quantitative estimate of drug-likeness (QED) is 0.585. The Kier molecular flexibility index (Phi) is 6.66. The van der Waals surface area contributed by atoms with Crippen molar-refractivity contribution in [1.82, 2.24) is 14.3 Å². The zero-order valence-electron chi connectivity index (χ0n) is 19.4. The van der Waals surface area contributed by atoms with Crippen molar-refractivity contribution in [3.05, 3.63) is 59.0 Å². The van der Waals surface area contributed by atoms with E-state index >= 15 is 0 Å². The number of aryl methyl sites for hydroxylation is 3. The average Bonchev–Trinajstić information content (AvgIpc) is 3.10. The number of anilines is 2. The Hall–Kier alpha value is -3.04. The maximum absolute atomic E-state index is 14.5. The molecule has 1 aromatic carbocycles. The van der Waals surface area contributed by atoms with Gasteiger partial charge in [0.1, 0.15) is 6.17 Å². The molecular weight excluding hydrogens is 401 g/mol. The van der Waals surface area contributed by atoms with Crippen molar-refractivity contribution in [2.45, 2.75) is 45.8 Å². The van der Waals surface area contributed by atoms with Crippen LogP contribution in [-0.2, 0) is 6.42 Å². The van der Waals surface area contributed by atoms with Gasteiger partial charge in [-0.3, -0.25) is 0 Å². The van der Waals surface area contributed by atoms with E-state index in [-0.39, 0.29) is 6.04 Å². The van der Waals surface area contributed by atoms with Crippen molar-refractivity contribution in [2.75, 3.05) is 37.3 Å². The summed E-state index contributed by atoms with van der Waals surface area (Å²) in [6.45, 7) is 8.23. The fourth-order valence-electron chi connectivity index (χ4n) is 4.34. The number of nitrogens with zero attached hydrogens (tertiary/aromatic N) is 3. The van der Waals surface area contributed by atoms with Gasteiger partial charge in [0.15, 0.2) is 5.82 Å². The number of halogens is 1. The molecule has 2 atom stereocenters. The first-order valence-corrected chi connectivity index (χ1v) is 11.3. The van der Waals surface area contributed by atoms with E-state index in [2.05, 4.69) is 70.8 Å². The van der Waals surface area contributed by atoms with E-state index in [0.29, 0.717) is 18.9 Å². The Morgan fingerprint density at radius 3 is 2.88 bits per heavy atom. The first-order chi connectivity index (χ1) is 15.5. The predicted octanol–water partition coefficient (Wildman–Crippen LogP) is 4.43. The number of hydrogen-bond donors (Lipinski definition) is 2. The third-order valence-corrected chi connectivity index (χ3v) is 6.25. The summed E-state index contributed by atoms with van der Waals surface area (Å²) < 4.78 is 16.6. The van der Waals surface area contributed by atoms with Crippen molar-refractivity contribution in [3.63, 3.8) is 0 Å². The fourth-order valence-corrected chi connectivity index (χ4v) is 4.34. The summed E-state index contributed by atoms with van der Waals surface area (Å²) in [6.07, 6.45) is 4.53. The first kappa shape index (κ1) is 22.2. The van der Waals surface area contributed by atoms with Gasteiger partial charge in [-0.25, -0.2) is 9.37 Å². The van der Waals surface area contributed by atoms with Crippen molar-refractivity contribution in [3.8, 4) is 11.8 Å². The number of fused-ring (bicyclic) bond motifs is 1. The zero-order chi connectivity index (χ0) is 22.7. The molecule has 1 aliphatic heterocycles. The van der Waals surface area contributed by atoms with E-state index in [1.165, 1.54) is 11.1 Å². The molecule has 0 bridgehead atoms. The van der Waals surface area contributed by atoms with Crippen molar-refractivity contribution in [1.29, 1.82) is 0 Å².